The minimum Gasteiger partial charge on any atom is -0.490 e. The molecule has 0 fully saturated rings. The average molecular weight is 389 g/mol. The molecule has 0 saturated heterocycles. The lowest BCUT2D eigenvalue weighted by molar-refractivity contribution is 0.0955. The van der Waals surface area contributed by atoms with Gasteiger partial charge in [-0.1, -0.05) is 29.8 Å². The number of carbonyl (C=O) groups excluding carboxylic acids is 1. The number of aromatic nitrogens is 1. The Balaban J connectivity index is 1.65. The van der Waals surface area contributed by atoms with Crippen LogP contribution in [0.3, 0.4) is 0 Å². The van der Waals surface area contributed by atoms with Crippen LogP contribution in [0.4, 0.5) is 0 Å². The maximum absolute atomic E-state index is 12.0. The van der Waals surface area contributed by atoms with Crippen molar-refractivity contribution in [1.29, 1.82) is 0 Å². The van der Waals surface area contributed by atoms with Crippen LogP contribution in [0.25, 0.3) is 0 Å². The summed E-state index contributed by atoms with van der Waals surface area (Å²) in [5, 5.41) is 4.01. The fraction of sp³-hybridized carbons (Fsp3) is 0.174. The summed E-state index contributed by atoms with van der Waals surface area (Å²) in [6, 6.07) is 17.0. The van der Waals surface area contributed by atoms with Gasteiger partial charge < -0.3 is 9.47 Å². The molecule has 0 aliphatic carbocycles. The largest absolute Gasteiger partial charge is 0.490 e. The number of hydrogen-bond acceptors (Lipinski definition) is 5. The Hall–Kier alpha value is -3.67. The summed E-state index contributed by atoms with van der Waals surface area (Å²) in [5.41, 5.74) is 6.07. The number of pyridine rings is 1. The molecule has 0 unspecified atom stereocenters. The smallest absolute Gasteiger partial charge is 0.271 e. The van der Waals surface area contributed by atoms with Crippen LogP contribution < -0.4 is 14.9 Å². The number of hydrogen-bond donors (Lipinski definition) is 1. The highest BCUT2D eigenvalue weighted by Gasteiger charge is 2.07. The Bertz CT molecular complexity index is 970. The Kier molecular flexibility index (Phi) is 6.95. The van der Waals surface area contributed by atoms with Gasteiger partial charge in [0.25, 0.3) is 5.91 Å². The first kappa shape index (κ1) is 20.1. The average Bonchev–Trinajstić information content (AvgIpc) is 2.75. The number of nitrogens with zero attached hydrogens (tertiary/aromatic N) is 2. The molecule has 29 heavy (non-hydrogen) atoms. The summed E-state index contributed by atoms with van der Waals surface area (Å²) >= 11 is 0. The molecule has 3 aromatic rings. The third kappa shape index (κ3) is 5.90. The molecule has 0 aliphatic rings. The molecule has 3 rings (SSSR count). The Morgan fingerprint density at radius 2 is 1.79 bits per heavy atom. The summed E-state index contributed by atoms with van der Waals surface area (Å²) in [5.74, 6) is 0.987. The number of nitrogens with one attached hydrogen (secondary N) is 1. The molecule has 0 bridgehead atoms. The van der Waals surface area contributed by atoms with Gasteiger partial charge in [-0.05, 0) is 55.3 Å². The van der Waals surface area contributed by atoms with Crippen LogP contribution in [0, 0.1) is 6.92 Å². The lowest BCUT2D eigenvalue weighted by Gasteiger charge is -2.12. The second kappa shape index (κ2) is 10.0. The van der Waals surface area contributed by atoms with Crippen LogP contribution in [0.15, 0.2) is 72.1 Å². The molecule has 1 amide bonds. The standard InChI is InChI=1S/C23H23N3O3/c1-3-28-22-14-19(15-25-26-23(27)20-10-12-24-13-11-20)8-9-21(22)29-16-18-6-4-17(2)5-7-18/h4-15H,3,16H2,1-2H3,(H,26,27)/b25-15-. The molecule has 0 radical (unpaired) electrons. The summed E-state index contributed by atoms with van der Waals surface area (Å²) in [6.07, 6.45) is 4.68. The monoisotopic (exact) mass is 389 g/mol. The minimum absolute atomic E-state index is 0.299. The van der Waals surface area contributed by atoms with Gasteiger partial charge >= 0.3 is 0 Å². The minimum atomic E-state index is -0.299. The van der Waals surface area contributed by atoms with Crippen molar-refractivity contribution in [2.45, 2.75) is 20.5 Å². The van der Waals surface area contributed by atoms with Crippen molar-refractivity contribution in [3.8, 4) is 11.5 Å². The van der Waals surface area contributed by atoms with Crippen molar-refractivity contribution < 1.29 is 14.3 Å². The molecule has 6 nitrogen and oxygen atoms in total. The molecule has 148 valence electrons. The van der Waals surface area contributed by atoms with Gasteiger partial charge in [-0.15, -0.1) is 0 Å². The lowest BCUT2D eigenvalue weighted by atomic mass is 10.2. The fourth-order valence-electron chi connectivity index (χ4n) is 2.57. The summed E-state index contributed by atoms with van der Waals surface area (Å²) in [7, 11) is 0. The van der Waals surface area contributed by atoms with Crippen LogP contribution in [0.2, 0.25) is 0 Å². The highest BCUT2D eigenvalue weighted by atomic mass is 16.5. The van der Waals surface area contributed by atoms with E-state index in [-0.39, 0.29) is 5.91 Å². The van der Waals surface area contributed by atoms with Crippen molar-refractivity contribution >= 4 is 12.1 Å². The van der Waals surface area contributed by atoms with Crippen LogP contribution >= 0.6 is 0 Å². The normalized spacial score (nSPS) is 10.7. The SMILES string of the molecule is CCOc1cc(/C=N\NC(=O)c2ccncc2)ccc1OCc1ccc(C)cc1. The first-order chi connectivity index (χ1) is 14.2. The van der Waals surface area contributed by atoms with E-state index in [1.807, 2.05) is 37.3 Å². The van der Waals surface area contributed by atoms with E-state index in [4.69, 9.17) is 9.47 Å². The first-order valence-corrected chi connectivity index (χ1v) is 9.34. The van der Waals surface area contributed by atoms with E-state index >= 15 is 0 Å². The molecule has 2 aromatic carbocycles. The van der Waals surface area contributed by atoms with Crippen LogP contribution in [0.5, 0.6) is 11.5 Å². The molecule has 6 heteroatoms. The van der Waals surface area contributed by atoms with Crippen molar-refractivity contribution in [2.75, 3.05) is 6.61 Å². The molecule has 0 aliphatic heterocycles. The van der Waals surface area contributed by atoms with Gasteiger partial charge in [0.05, 0.1) is 12.8 Å². The zero-order chi connectivity index (χ0) is 20.5. The highest BCUT2D eigenvalue weighted by molar-refractivity contribution is 5.94. The van der Waals surface area contributed by atoms with E-state index in [1.165, 1.54) is 5.56 Å². The van der Waals surface area contributed by atoms with Crippen LogP contribution in [-0.4, -0.2) is 23.7 Å². The molecule has 1 N–H and O–H groups in total. The topological polar surface area (TPSA) is 72.8 Å². The van der Waals surface area contributed by atoms with E-state index in [0.717, 1.165) is 11.1 Å². The third-order valence-electron chi connectivity index (χ3n) is 4.10. The van der Waals surface area contributed by atoms with Crippen molar-refractivity contribution in [3.63, 3.8) is 0 Å². The van der Waals surface area contributed by atoms with Gasteiger partial charge in [-0.2, -0.15) is 5.10 Å². The Morgan fingerprint density at radius 3 is 2.52 bits per heavy atom. The maximum Gasteiger partial charge on any atom is 0.271 e. The Labute approximate surface area is 170 Å². The van der Waals surface area contributed by atoms with E-state index < -0.39 is 0 Å². The van der Waals surface area contributed by atoms with Gasteiger partial charge in [0.2, 0.25) is 0 Å². The van der Waals surface area contributed by atoms with Gasteiger partial charge in [0, 0.05) is 18.0 Å². The second-order valence-electron chi connectivity index (χ2n) is 6.35. The second-order valence-corrected chi connectivity index (χ2v) is 6.35. The maximum atomic E-state index is 12.0. The molecule has 1 heterocycles. The lowest BCUT2D eigenvalue weighted by Crippen LogP contribution is -2.17. The number of benzene rings is 2. The van der Waals surface area contributed by atoms with Gasteiger partial charge in [-0.25, -0.2) is 5.43 Å². The Morgan fingerprint density at radius 1 is 1.03 bits per heavy atom. The third-order valence-corrected chi connectivity index (χ3v) is 4.10. The van der Waals surface area contributed by atoms with Crippen molar-refractivity contribution in [2.24, 2.45) is 5.10 Å². The molecule has 0 saturated carbocycles. The van der Waals surface area contributed by atoms with Gasteiger partial charge in [0.1, 0.15) is 6.61 Å². The highest BCUT2D eigenvalue weighted by Crippen LogP contribution is 2.29. The first-order valence-electron chi connectivity index (χ1n) is 9.34. The number of hydrazone groups is 1. The summed E-state index contributed by atoms with van der Waals surface area (Å²) in [4.78, 5) is 15.9. The van der Waals surface area contributed by atoms with Gasteiger partial charge in [0.15, 0.2) is 11.5 Å². The predicted molar refractivity (Wildman–Crippen MR) is 112 cm³/mol. The van der Waals surface area contributed by atoms with E-state index in [9.17, 15) is 4.79 Å². The van der Waals surface area contributed by atoms with Crippen LogP contribution in [-0.2, 0) is 6.61 Å². The number of aryl methyl sites for hydroxylation is 1. The number of rotatable bonds is 8. The number of ether oxygens (including phenoxy) is 2. The molecule has 0 atom stereocenters. The molecular weight excluding hydrogens is 366 g/mol. The summed E-state index contributed by atoms with van der Waals surface area (Å²) < 4.78 is 11.6. The summed E-state index contributed by atoms with van der Waals surface area (Å²) in [6.45, 7) is 4.94. The zero-order valence-corrected chi connectivity index (χ0v) is 16.5. The number of carbonyl (C=O) groups is 1. The van der Waals surface area contributed by atoms with E-state index in [1.54, 1.807) is 30.7 Å². The fourth-order valence-corrected chi connectivity index (χ4v) is 2.57. The zero-order valence-electron chi connectivity index (χ0n) is 16.5. The van der Waals surface area contributed by atoms with Crippen molar-refractivity contribution in [3.05, 3.63) is 89.2 Å². The van der Waals surface area contributed by atoms with Crippen LogP contribution in [0.1, 0.15) is 34.0 Å². The molecular formula is C23H23N3O3. The van der Waals surface area contributed by atoms with E-state index in [2.05, 4.69) is 34.6 Å². The number of amides is 1. The predicted octanol–water partition coefficient (Wildman–Crippen LogP) is 4.13. The molecule has 0 spiro atoms. The quantitative estimate of drug-likeness (QED) is 0.464. The molecule has 1 aromatic heterocycles. The van der Waals surface area contributed by atoms with E-state index in [0.29, 0.717) is 30.3 Å². The van der Waals surface area contributed by atoms with Crippen molar-refractivity contribution in [1.82, 2.24) is 10.4 Å². The van der Waals surface area contributed by atoms with Gasteiger partial charge in [-0.3, -0.25) is 9.78 Å².